The zero-order valence-corrected chi connectivity index (χ0v) is 12.2. The van der Waals surface area contributed by atoms with Crippen LogP contribution >= 0.6 is 24.0 Å². The number of amides is 1. The van der Waals surface area contributed by atoms with Crippen LogP contribution in [0.15, 0.2) is 24.3 Å². The first-order valence-corrected chi connectivity index (χ1v) is 7.58. The van der Waals surface area contributed by atoms with E-state index >= 15 is 0 Å². The van der Waals surface area contributed by atoms with Gasteiger partial charge >= 0.3 is 0 Å². The summed E-state index contributed by atoms with van der Waals surface area (Å²) >= 11 is 6.63. The number of thioether (sulfide) groups is 1. The van der Waals surface area contributed by atoms with E-state index < -0.39 is 0 Å². The average Bonchev–Trinajstić information content (AvgIpc) is 2.38. The Kier molecular flexibility index (Phi) is 6.15. The molecular formula is C13H18N2OS2. The van der Waals surface area contributed by atoms with Crippen LogP contribution in [-0.2, 0) is 0 Å². The Labute approximate surface area is 118 Å². The predicted molar refractivity (Wildman–Crippen MR) is 82.3 cm³/mol. The van der Waals surface area contributed by atoms with E-state index in [1.807, 2.05) is 6.26 Å². The van der Waals surface area contributed by atoms with Gasteiger partial charge in [0.25, 0.3) is 5.91 Å². The fraction of sp³-hybridized carbons (Fsp3) is 0.385. The van der Waals surface area contributed by atoms with Gasteiger partial charge in [-0.15, -0.1) is 0 Å². The summed E-state index contributed by atoms with van der Waals surface area (Å²) in [7, 11) is 0. The lowest BCUT2D eigenvalue weighted by atomic mass is 10.1. The number of nitrogens with one attached hydrogen (secondary N) is 1. The molecule has 0 aromatic heterocycles. The molecule has 98 valence electrons. The minimum absolute atomic E-state index is 0.0750. The van der Waals surface area contributed by atoms with Gasteiger partial charge in [-0.3, -0.25) is 4.79 Å². The molecule has 0 saturated heterocycles. The van der Waals surface area contributed by atoms with E-state index in [9.17, 15) is 4.79 Å². The van der Waals surface area contributed by atoms with Gasteiger partial charge in [-0.1, -0.05) is 31.3 Å². The lowest BCUT2D eigenvalue weighted by Crippen LogP contribution is -2.36. The monoisotopic (exact) mass is 282 g/mol. The summed E-state index contributed by atoms with van der Waals surface area (Å²) < 4.78 is 0. The molecule has 1 atom stereocenters. The molecular weight excluding hydrogens is 264 g/mol. The van der Waals surface area contributed by atoms with Crippen LogP contribution in [0.5, 0.6) is 0 Å². The van der Waals surface area contributed by atoms with Crippen molar-refractivity contribution >= 4 is 34.9 Å². The first-order valence-electron chi connectivity index (χ1n) is 5.78. The summed E-state index contributed by atoms with van der Waals surface area (Å²) in [6.07, 6.45) is 2.95. The average molecular weight is 282 g/mol. The molecule has 0 aliphatic heterocycles. The smallest absolute Gasteiger partial charge is 0.251 e. The lowest BCUT2D eigenvalue weighted by Gasteiger charge is -2.15. The van der Waals surface area contributed by atoms with Gasteiger partial charge in [0.05, 0.1) is 0 Å². The van der Waals surface area contributed by atoms with Gasteiger partial charge in [0.15, 0.2) is 0 Å². The third kappa shape index (κ3) is 4.31. The Hall–Kier alpha value is -1.07. The molecule has 0 fully saturated rings. The molecule has 5 heteroatoms. The van der Waals surface area contributed by atoms with Crippen LogP contribution in [0.2, 0.25) is 0 Å². The van der Waals surface area contributed by atoms with E-state index in [-0.39, 0.29) is 11.9 Å². The van der Waals surface area contributed by atoms with E-state index in [4.69, 9.17) is 18.0 Å². The third-order valence-electron chi connectivity index (χ3n) is 2.61. The summed E-state index contributed by atoms with van der Waals surface area (Å²) in [6, 6.07) is 7.28. The van der Waals surface area contributed by atoms with E-state index in [2.05, 4.69) is 12.2 Å². The Morgan fingerprint density at radius 1 is 1.50 bits per heavy atom. The Bertz CT molecular complexity index is 435. The van der Waals surface area contributed by atoms with Gasteiger partial charge in [0.2, 0.25) is 0 Å². The number of carbonyl (C=O) groups is 1. The number of carbonyl (C=O) groups excluding carboxylic acids is 1. The van der Waals surface area contributed by atoms with Crippen molar-refractivity contribution in [2.24, 2.45) is 5.73 Å². The van der Waals surface area contributed by atoms with Crippen molar-refractivity contribution in [1.29, 1.82) is 0 Å². The molecule has 1 rings (SSSR count). The second-order valence-corrected chi connectivity index (χ2v) is 5.33. The molecule has 3 nitrogen and oxygen atoms in total. The van der Waals surface area contributed by atoms with Crippen molar-refractivity contribution in [1.82, 2.24) is 5.32 Å². The minimum atomic E-state index is -0.0750. The molecule has 1 aromatic rings. The summed E-state index contributed by atoms with van der Waals surface area (Å²) in [6.45, 7) is 2.06. The van der Waals surface area contributed by atoms with Gasteiger partial charge in [-0.25, -0.2) is 0 Å². The molecule has 1 aromatic carbocycles. The molecule has 0 bridgehead atoms. The normalized spacial score (nSPS) is 11.9. The van der Waals surface area contributed by atoms with Crippen molar-refractivity contribution in [2.45, 2.75) is 19.4 Å². The number of hydrogen-bond acceptors (Lipinski definition) is 3. The molecule has 0 radical (unpaired) electrons. The lowest BCUT2D eigenvalue weighted by molar-refractivity contribution is 0.0940. The van der Waals surface area contributed by atoms with Crippen molar-refractivity contribution in [3.63, 3.8) is 0 Å². The molecule has 0 saturated carbocycles. The zero-order valence-electron chi connectivity index (χ0n) is 10.6. The van der Waals surface area contributed by atoms with Crippen molar-refractivity contribution in [3.05, 3.63) is 35.4 Å². The van der Waals surface area contributed by atoms with Crippen LogP contribution in [0.4, 0.5) is 0 Å². The largest absolute Gasteiger partial charge is 0.389 e. The third-order valence-corrected chi connectivity index (χ3v) is 3.58. The molecule has 0 aliphatic carbocycles. The SMILES string of the molecule is CCC(CSC)NC(=O)c1cccc(C(N)=S)c1. The highest BCUT2D eigenvalue weighted by atomic mass is 32.2. The molecule has 0 spiro atoms. The molecule has 0 aliphatic rings. The topological polar surface area (TPSA) is 55.1 Å². The van der Waals surface area contributed by atoms with E-state index in [0.717, 1.165) is 17.7 Å². The van der Waals surface area contributed by atoms with Crippen molar-refractivity contribution in [3.8, 4) is 0 Å². The van der Waals surface area contributed by atoms with Crippen LogP contribution in [0.25, 0.3) is 0 Å². The molecule has 1 unspecified atom stereocenters. The Morgan fingerprint density at radius 2 is 2.17 bits per heavy atom. The van der Waals surface area contributed by atoms with Gasteiger partial charge in [-0.2, -0.15) is 11.8 Å². The molecule has 3 N–H and O–H groups in total. The predicted octanol–water partition coefficient (Wildman–Crippen LogP) is 2.19. The van der Waals surface area contributed by atoms with Crippen LogP contribution in [-0.4, -0.2) is 28.9 Å². The zero-order chi connectivity index (χ0) is 13.5. The fourth-order valence-corrected chi connectivity index (χ4v) is 2.39. The highest BCUT2D eigenvalue weighted by molar-refractivity contribution is 7.98. The molecule has 0 heterocycles. The van der Waals surface area contributed by atoms with Gasteiger partial charge in [0.1, 0.15) is 4.99 Å². The maximum absolute atomic E-state index is 12.1. The first-order chi connectivity index (χ1) is 8.58. The van der Waals surface area contributed by atoms with Gasteiger partial charge in [-0.05, 0) is 24.8 Å². The maximum atomic E-state index is 12.1. The first kappa shape index (κ1) is 15.0. The van der Waals surface area contributed by atoms with Crippen LogP contribution in [0, 0.1) is 0 Å². The second kappa shape index (κ2) is 7.38. The number of hydrogen-bond donors (Lipinski definition) is 2. The summed E-state index contributed by atoms with van der Waals surface area (Å²) in [5, 5.41) is 3.01. The van der Waals surface area contributed by atoms with Crippen molar-refractivity contribution < 1.29 is 4.79 Å². The number of rotatable bonds is 6. The maximum Gasteiger partial charge on any atom is 0.251 e. The highest BCUT2D eigenvalue weighted by Crippen LogP contribution is 2.07. The van der Waals surface area contributed by atoms with Gasteiger partial charge in [0, 0.05) is 22.9 Å². The van der Waals surface area contributed by atoms with E-state index in [0.29, 0.717) is 10.6 Å². The van der Waals surface area contributed by atoms with Crippen LogP contribution < -0.4 is 11.1 Å². The summed E-state index contributed by atoms with van der Waals surface area (Å²) in [5.74, 6) is 0.839. The number of benzene rings is 1. The quantitative estimate of drug-likeness (QED) is 0.785. The summed E-state index contributed by atoms with van der Waals surface area (Å²) in [4.78, 5) is 12.4. The minimum Gasteiger partial charge on any atom is -0.389 e. The Balaban J connectivity index is 2.77. The summed E-state index contributed by atoms with van der Waals surface area (Å²) in [5.41, 5.74) is 6.87. The standard InChI is InChI=1S/C13H18N2OS2/c1-3-11(8-18-2)15-13(16)10-6-4-5-9(7-10)12(14)17/h4-7,11H,3,8H2,1-2H3,(H2,14,17)(H,15,16). The van der Waals surface area contributed by atoms with Gasteiger partial charge < -0.3 is 11.1 Å². The second-order valence-electron chi connectivity index (χ2n) is 3.98. The Morgan fingerprint density at radius 3 is 2.72 bits per heavy atom. The van der Waals surface area contributed by atoms with E-state index in [1.165, 1.54) is 0 Å². The van der Waals surface area contributed by atoms with E-state index in [1.54, 1.807) is 36.0 Å². The fourth-order valence-electron chi connectivity index (χ4n) is 1.55. The number of nitrogens with two attached hydrogens (primary N) is 1. The highest BCUT2D eigenvalue weighted by Gasteiger charge is 2.12. The molecule has 1 amide bonds. The van der Waals surface area contributed by atoms with Crippen molar-refractivity contribution in [2.75, 3.05) is 12.0 Å². The van der Waals surface area contributed by atoms with Crippen LogP contribution in [0.1, 0.15) is 29.3 Å². The molecule has 18 heavy (non-hydrogen) atoms. The van der Waals surface area contributed by atoms with Crippen LogP contribution in [0.3, 0.4) is 0 Å². The number of thiocarbonyl (C=S) groups is 1.